The second-order valence-electron chi connectivity index (χ2n) is 3.39. The average molecular weight is 229 g/mol. The van der Waals surface area contributed by atoms with E-state index in [1.165, 1.54) is 10.7 Å². The minimum absolute atomic E-state index is 0.0649. The Balaban J connectivity index is 2.35. The van der Waals surface area contributed by atoms with Crippen molar-refractivity contribution < 1.29 is 9.90 Å². The summed E-state index contributed by atoms with van der Waals surface area (Å²) in [6.07, 6.45) is 7.81. The van der Waals surface area contributed by atoms with Gasteiger partial charge in [0.05, 0.1) is 12.4 Å². The van der Waals surface area contributed by atoms with Gasteiger partial charge in [-0.1, -0.05) is 0 Å². The number of hydrogen-bond donors (Lipinski definition) is 1. The van der Waals surface area contributed by atoms with Crippen LogP contribution < -0.4 is 0 Å². The lowest BCUT2D eigenvalue weighted by Gasteiger charge is -2.05. The zero-order valence-electron chi connectivity index (χ0n) is 8.56. The molecule has 0 aliphatic heterocycles. The Bertz CT molecular complexity index is 686. The molecule has 17 heavy (non-hydrogen) atoms. The first-order valence-electron chi connectivity index (χ1n) is 4.82. The summed E-state index contributed by atoms with van der Waals surface area (Å²) in [6.45, 7) is 0. The van der Waals surface area contributed by atoms with E-state index in [-0.39, 0.29) is 5.69 Å². The van der Waals surface area contributed by atoms with Crippen LogP contribution in [0, 0.1) is 0 Å². The Morgan fingerprint density at radius 2 is 2.24 bits per heavy atom. The maximum absolute atomic E-state index is 11.0. The normalized spacial score (nSPS) is 10.8. The van der Waals surface area contributed by atoms with E-state index in [2.05, 4.69) is 15.1 Å². The molecule has 7 nitrogen and oxygen atoms in total. The molecule has 0 aromatic carbocycles. The van der Waals surface area contributed by atoms with Crippen molar-refractivity contribution in [1.29, 1.82) is 0 Å². The predicted octanol–water partition coefficient (Wildman–Crippen LogP) is 0.613. The predicted molar refractivity (Wildman–Crippen MR) is 57.1 cm³/mol. The molecule has 0 fully saturated rings. The first-order chi connectivity index (χ1) is 8.25. The minimum atomic E-state index is -1.09. The van der Waals surface area contributed by atoms with Gasteiger partial charge in [-0.3, -0.25) is 4.57 Å². The molecule has 7 heteroatoms. The van der Waals surface area contributed by atoms with Crippen molar-refractivity contribution >= 4 is 11.5 Å². The summed E-state index contributed by atoms with van der Waals surface area (Å²) < 4.78 is 3.12. The van der Waals surface area contributed by atoms with Crippen molar-refractivity contribution in [3.8, 4) is 5.82 Å². The van der Waals surface area contributed by atoms with E-state index in [4.69, 9.17) is 5.11 Å². The molecule has 0 unspecified atom stereocenters. The van der Waals surface area contributed by atoms with Gasteiger partial charge >= 0.3 is 5.97 Å². The SMILES string of the molecule is O=C(O)c1cn2nccc2c(-n2ccnc2)n1. The van der Waals surface area contributed by atoms with Crippen molar-refractivity contribution in [3.63, 3.8) is 0 Å². The Kier molecular flexibility index (Phi) is 1.91. The average Bonchev–Trinajstić information content (AvgIpc) is 2.98. The number of imidazole rings is 1. The smallest absolute Gasteiger partial charge is 0.356 e. The van der Waals surface area contributed by atoms with Gasteiger partial charge in [0.1, 0.15) is 11.8 Å². The zero-order valence-corrected chi connectivity index (χ0v) is 8.56. The molecular formula is C10H7N5O2. The van der Waals surface area contributed by atoms with Crippen LogP contribution in [0.15, 0.2) is 37.2 Å². The maximum Gasteiger partial charge on any atom is 0.356 e. The molecule has 0 amide bonds. The molecule has 3 heterocycles. The topological polar surface area (TPSA) is 85.3 Å². The Labute approximate surface area is 95.0 Å². The molecular weight excluding hydrogens is 222 g/mol. The van der Waals surface area contributed by atoms with Crippen molar-refractivity contribution in [2.75, 3.05) is 0 Å². The molecule has 0 saturated heterocycles. The Morgan fingerprint density at radius 1 is 1.35 bits per heavy atom. The fourth-order valence-corrected chi connectivity index (χ4v) is 1.59. The van der Waals surface area contributed by atoms with E-state index < -0.39 is 5.97 Å². The lowest BCUT2D eigenvalue weighted by molar-refractivity contribution is 0.0689. The van der Waals surface area contributed by atoms with Crippen LogP contribution in [-0.4, -0.2) is 35.2 Å². The fraction of sp³-hybridized carbons (Fsp3) is 0. The summed E-state index contributed by atoms with van der Waals surface area (Å²) in [5, 5.41) is 13.0. The number of hydrogen-bond acceptors (Lipinski definition) is 4. The lowest BCUT2D eigenvalue weighted by Crippen LogP contribution is -2.08. The summed E-state index contributed by atoms with van der Waals surface area (Å²) >= 11 is 0. The van der Waals surface area contributed by atoms with E-state index in [0.29, 0.717) is 11.3 Å². The summed E-state index contributed by atoms with van der Waals surface area (Å²) in [5.41, 5.74) is 0.651. The van der Waals surface area contributed by atoms with Gasteiger partial charge in [-0.2, -0.15) is 5.10 Å². The van der Waals surface area contributed by atoms with Crippen molar-refractivity contribution in [1.82, 2.24) is 24.1 Å². The molecule has 3 aromatic rings. The second kappa shape index (κ2) is 3.41. The van der Waals surface area contributed by atoms with Crippen molar-refractivity contribution in [3.05, 3.63) is 42.9 Å². The molecule has 0 spiro atoms. The highest BCUT2D eigenvalue weighted by molar-refractivity contribution is 5.86. The van der Waals surface area contributed by atoms with E-state index >= 15 is 0 Å². The van der Waals surface area contributed by atoms with Gasteiger partial charge in [0.15, 0.2) is 11.5 Å². The number of nitrogens with zero attached hydrogens (tertiary/aromatic N) is 5. The van der Waals surface area contributed by atoms with Gasteiger partial charge in [0.2, 0.25) is 0 Å². The van der Waals surface area contributed by atoms with Gasteiger partial charge in [-0.25, -0.2) is 19.3 Å². The van der Waals surface area contributed by atoms with Crippen LogP contribution in [0.5, 0.6) is 0 Å². The van der Waals surface area contributed by atoms with Crippen LogP contribution in [0.3, 0.4) is 0 Å². The van der Waals surface area contributed by atoms with Gasteiger partial charge < -0.3 is 5.11 Å². The largest absolute Gasteiger partial charge is 0.476 e. The van der Waals surface area contributed by atoms with Crippen LogP contribution >= 0.6 is 0 Å². The number of carboxylic acid groups (broad SMARTS) is 1. The molecule has 0 aliphatic rings. The highest BCUT2D eigenvalue weighted by Gasteiger charge is 2.12. The van der Waals surface area contributed by atoms with Crippen molar-refractivity contribution in [2.24, 2.45) is 0 Å². The van der Waals surface area contributed by atoms with E-state index in [0.717, 1.165) is 0 Å². The van der Waals surface area contributed by atoms with E-state index in [9.17, 15) is 4.79 Å². The van der Waals surface area contributed by atoms with Gasteiger partial charge in [-0.05, 0) is 6.07 Å². The third kappa shape index (κ3) is 1.44. The number of carbonyl (C=O) groups is 1. The van der Waals surface area contributed by atoms with E-state index in [1.807, 2.05) is 0 Å². The van der Waals surface area contributed by atoms with Gasteiger partial charge in [0, 0.05) is 12.4 Å². The molecule has 3 aromatic heterocycles. The summed E-state index contributed by atoms with van der Waals surface area (Å²) in [4.78, 5) is 18.9. The Morgan fingerprint density at radius 3 is 2.94 bits per heavy atom. The van der Waals surface area contributed by atoms with Crippen LogP contribution in [0.1, 0.15) is 10.5 Å². The molecule has 0 bridgehead atoms. The highest BCUT2D eigenvalue weighted by atomic mass is 16.4. The molecule has 0 radical (unpaired) electrons. The molecule has 0 saturated carbocycles. The van der Waals surface area contributed by atoms with Gasteiger partial charge in [-0.15, -0.1) is 0 Å². The number of rotatable bonds is 2. The third-order valence-electron chi connectivity index (χ3n) is 2.34. The van der Waals surface area contributed by atoms with Crippen molar-refractivity contribution in [2.45, 2.75) is 0 Å². The molecule has 0 atom stereocenters. The second-order valence-corrected chi connectivity index (χ2v) is 3.39. The fourth-order valence-electron chi connectivity index (χ4n) is 1.59. The third-order valence-corrected chi connectivity index (χ3v) is 2.34. The first kappa shape index (κ1) is 9.52. The summed E-state index contributed by atoms with van der Waals surface area (Å²) in [7, 11) is 0. The number of aromatic carboxylic acids is 1. The quantitative estimate of drug-likeness (QED) is 0.696. The highest BCUT2D eigenvalue weighted by Crippen LogP contribution is 2.13. The Hall–Kier alpha value is -2.70. The summed E-state index contributed by atoms with van der Waals surface area (Å²) in [6, 6.07) is 1.76. The van der Waals surface area contributed by atoms with Gasteiger partial charge in [0.25, 0.3) is 0 Å². The number of fused-ring (bicyclic) bond motifs is 1. The molecule has 84 valence electrons. The van der Waals surface area contributed by atoms with Crippen LogP contribution in [0.25, 0.3) is 11.3 Å². The summed E-state index contributed by atoms with van der Waals surface area (Å²) in [5.74, 6) is -0.608. The number of aromatic nitrogens is 5. The lowest BCUT2D eigenvalue weighted by atomic mass is 10.4. The number of carboxylic acids is 1. The zero-order chi connectivity index (χ0) is 11.8. The van der Waals surface area contributed by atoms with Crippen LogP contribution in [0.2, 0.25) is 0 Å². The van der Waals surface area contributed by atoms with E-state index in [1.54, 1.807) is 35.6 Å². The molecule has 1 N–H and O–H groups in total. The van der Waals surface area contributed by atoms with Crippen LogP contribution in [-0.2, 0) is 0 Å². The monoisotopic (exact) mass is 229 g/mol. The standard InChI is InChI=1S/C10H7N5O2/c16-10(17)7-5-15-8(1-2-12-15)9(13-7)14-4-3-11-6-14/h1-6H,(H,16,17). The first-order valence-corrected chi connectivity index (χ1v) is 4.82. The maximum atomic E-state index is 11.0. The van der Waals surface area contributed by atoms with Crippen LogP contribution in [0.4, 0.5) is 0 Å². The molecule has 0 aliphatic carbocycles. The minimum Gasteiger partial charge on any atom is -0.476 e. The molecule has 3 rings (SSSR count).